The first-order valence-corrected chi connectivity index (χ1v) is 12.6. The molecule has 9 heteroatoms. The summed E-state index contributed by atoms with van der Waals surface area (Å²) in [7, 11) is 1.63. The number of aromatic nitrogens is 2. The van der Waals surface area contributed by atoms with Gasteiger partial charge in [0.15, 0.2) is 0 Å². The average molecular weight is 528 g/mol. The van der Waals surface area contributed by atoms with E-state index in [4.69, 9.17) is 16.3 Å². The molecule has 1 aliphatic rings. The minimum absolute atomic E-state index is 0.0639. The standard InChI is InChI=1S/C29H26ClN5O3/c1-38-23-12-10-22(11-13-23)33-27-18-26(31-19-32-27)20-6-8-21(9-7-20)28(36)34-14-16-35(17-15-34)29(37)24-4-2-3-5-25(24)30/h2-13,18-19H,14-17H2,1H3,(H,31,32,33). The van der Waals surface area contributed by atoms with Crippen molar-refractivity contribution in [1.82, 2.24) is 19.8 Å². The Morgan fingerprint density at radius 1 is 0.842 bits per heavy atom. The lowest BCUT2D eigenvalue weighted by Gasteiger charge is -2.35. The molecule has 1 N–H and O–H groups in total. The summed E-state index contributed by atoms with van der Waals surface area (Å²) in [5.74, 6) is 1.26. The Morgan fingerprint density at radius 2 is 1.50 bits per heavy atom. The van der Waals surface area contributed by atoms with E-state index in [1.54, 1.807) is 53.3 Å². The maximum absolute atomic E-state index is 13.1. The molecule has 0 radical (unpaired) electrons. The van der Waals surface area contributed by atoms with E-state index >= 15 is 0 Å². The zero-order chi connectivity index (χ0) is 26.5. The summed E-state index contributed by atoms with van der Waals surface area (Å²) >= 11 is 6.18. The highest BCUT2D eigenvalue weighted by Gasteiger charge is 2.26. The van der Waals surface area contributed by atoms with Crippen LogP contribution in [0.5, 0.6) is 5.75 Å². The molecule has 0 saturated carbocycles. The van der Waals surface area contributed by atoms with Crippen LogP contribution in [0.4, 0.5) is 11.5 Å². The Kier molecular flexibility index (Phi) is 7.51. The van der Waals surface area contributed by atoms with Gasteiger partial charge >= 0.3 is 0 Å². The number of anilines is 2. The topological polar surface area (TPSA) is 87.7 Å². The van der Waals surface area contributed by atoms with Crippen LogP contribution < -0.4 is 10.1 Å². The van der Waals surface area contributed by atoms with Gasteiger partial charge in [0.1, 0.15) is 17.9 Å². The number of benzene rings is 3. The molecule has 5 rings (SSSR count). The second-order valence-corrected chi connectivity index (χ2v) is 9.19. The van der Waals surface area contributed by atoms with Crippen molar-refractivity contribution in [2.45, 2.75) is 0 Å². The number of hydrogen-bond donors (Lipinski definition) is 1. The number of nitrogens with zero attached hydrogens (tertiary/aromatic N) is 4. The van der Waals surface area contributed by atoms with Crippen LogP contribution in [0.1, 0.15) is 20.7 Å². The summed E-state index contributed by atoms with van der Waals surface area (Å²) in [5.41, 5.74) is 3.56. The highest BCUT2D eigenvalue weighted by Crippen LogP contribution is 2.24. The maximum atomic E-state index is 13.1. The summed E-state index contributed by atoms with van der Waals surface area (Å²) in [6.07, 6.45) is 1.50. The third kappa shape index (κ3) is 5.60. The van der Waals surface area contributed by atoms with Crippen molar-refractivity contribution in [3.63, 3.8) is 0 Å². The van der Waals surface area contributed by atoms with Gasteiger partial charge in [0, 0.05) is 49.1 Å². The van der Waals surface area contributed by atoms with Crippen LogP contribution in [-0.2, 0) is 0 Å². The lowest BCUT2D eigenvalue weighted by Crippen LogP contribution is -2.50. The molecule has 0 aliphatic carbocycles. The number of halogens is 1. The molecule has 3 aromatic carbocycles. The molecule has 0 atom stereocenters. The van der Waals surface area contributed by atoms with Crippen LogP contribution in [0, 0.1) is 0 Å². The number of piperazine rings is 1. The lowest BCUT2D eigenvalue weighted by molar-refractivity contribution is 0.0535. The molecule has 0 bridgehead atoms. The number of rotatable bonds is 6. The molecule has 2 heterocycles. The maximum Gasteiger partial charge on any atom is 0.255 e. The summed E-state index contributed by atoms with van der Waals surface area (Å²) in [6, 6.07) is 23.8. The molecule has 4 aromatic rings. The number of hydrogen-bond acceptors (Lipinski definition) is 6. The van der Waals surface area contributed by atoms with E-state index in [0.29, 0.717) is 48.1 Å². The predicted octanol–water partition coefficient (Wildman–Crippen LogP) is 5.15. The summed E-state index contributed by atoms with van der Waals surface area (Å²) in [4.78, 5) is 38.1. The number of amides is 2. The molecule has 1 aliphatic heterocycles. The average Bonchev–Trinajstić information content (AvgIpc) is 2.97. The van der Waals surface area contributed by atoms with Gasteiger partial charge in [-0.2, -0.15) is 0 Å². The first-order valence-electron chi connectivity index (χ1n) is 12.2. The fourth-order valence-corrected chi connectivity index (χ4v) is 4.51. The van der Waals surface area contributed by atoms with Gasteiger partial charge in [0.05, 0.1) is 23.4 Å². The Bertz CT molecular complexity index is 1440. The lowest BCUT2D eigenvalue weighted by atomic mass is 10.1. The fraction of sp³-hybridized carbons (Fsp3) is 0.172. The van der Waals surface area contributed by atoms with E-state index in [1.165, 1.54) is 6.33 Å². The molecule has 1 aromatic heterocycles. The van der Waals surface area contributed by atoms with Gasteiger partial charge in [-0.3, -0.25) is 9.59 Å². The molecular formula is C29H26ClN5O3. The minimum atomic E-state index is -0.113. The van der Waals surface area contributed by atoms with Gasteiger partial charge in [-0.05, 0) is 48.5 Å². The summed E-state index contributed by atoms with van der Waals surface area (Å²) < 4.78 is 5.20. The van der Waals surface area contributed by atoms with E-state index in [1.807, 2.05) is 42.5 Å². The molecule has 0 spiro atoms. The minimum Gasteiger partial charge on any atom is -0.497 e. The molecule has 38 heavy (non-hydrogen) atoms. The van der Waals surface area contributed by atoms with Crippen LogP contribution in [-0.4, -0.2) is 64.9 Å². The molecule has 8 nitrogen and oxygen atoms in total. The fourth-order valence-electron chi connectivity index (χ4n) is 4.29. The van der Waals surface area contributed by atoms with Gasteiger partial charge in [0.25, 0.3) is 11.8 Å². The van der Waals surface area contributed by atoms with E-state index in [2.05, 4.69) is 15.3 Å². The number of methoxy groups -OCH3 is 1. The number of ether oxygens (including phenoxy) is 1. The summed E-state index contributed by atoms with van der Waals surface area (Å²) in [5, 5.41) is 3.69. The van der Waals surface area contributed by atoms with E-state index in [-0.39, 0.29) is 11.8 Å². The van der Waals surface area contributed by atoms with Gasteiger partial charge < -0.3 is 19.9 Å². The third-order valence-corrected chi connectivity index (χ3v) is 6.75. The second-order valence-electron chi connectivity index (χ2n) is 8.78. The third-order valence-electron chi connectivity index (χ3n) is 6.42. The quantitative estimate of drug-likeness (QED) is 0.373. The second kappa shape index (κ2) is 11.3. The Morgan fingerprint density at radius 3 is 2.16 bits per heavy atom. The van der Waals surface area contributed by atoms with Crippen LogP contribution in [0.25, 0.3) is 11.3 Å². The van der Waals surface area contributed by atoms with Crippen molar-refractivity contribution in [3.05, 3.63) is 101 Å². The van der Waals surface area contributed by atoms with Crippen LogP contribution >= 0.6 is 11.6 Å². The number of carbonyl (C=O) groups is 2. The van der Waals surface area contributed by atoms with Crippen LogP contribution in [0.15, 0.2) is 85.2 Å². The van der Waals surface area contributed by atoms with Gasteiger partial charge in [-0.1, -0.05) is 35.9 Å². The molecule has 1 fully saturated rings. The van der Waals surface area contributed by atoms with Crippen LogP contribution in [0.3, 0.4) is 0 Å². The Hall–Kier alpha value is -4.43. The normalized spacial score (nSPS) is 13.2. The van der Waals surface area contributed by atoms with Crippen LogP contribution in [0.2, 0.25) is 5.02 Å². The van der Waals surface area contributed by atoms with Gasteiger partial charge in [-0.25, -0.2) is 9.97 Å². The zero-order valence-corrected chi connectivity index (χ0v) is 21.6. The molecule has 1 saturated heterocycles. The van der Waals surface area contributed by atoms with Crippen molar-refractivity contribution in [2.75, 3.05) is 38.6 Å². The monoisotopic (exact) mass is 527 g/mol. The summed E-state index contributed by atoms with van der Waals surface area (Å²) in [6.45, 7) is 1.84. The molecule has 192 valence electrons. The molecular weight excluding hydrogens is 502 g/mol. The smallest absolute Gasteiger partial charge is 0.255 e. The molecule has 0 unspecified atom stereocenters. The molecule has 2 amide bonds. The van der Waals surface area contributed by atoms with Crippen molar-refractivity contribution >= 4 is 34.9 Å². The number of carbonyl (C=O) groups excluding carboxylic acids is 2. The largest absolute Gasteiger partial charge is 0.497 e. The Labute approximate surface area is 225 Å². The zero-order valence-electron chi connectivity index (χ0n) is 20.8. The van der Waals surface area contributed by atoms with E-state index in [9.17, 15) is 9.59 Å². The highest BCUT2D eigenvalue weighted by atomic mass is 35.5. The van der Waals surface area contributed by atoms with Gasteiger partial charge in [-0.15, -0.1) is 0 Å². The van der Waals surface area contributed by atoms with E-state index < -0.39 is 0 Å². The van der Waals surface area contributed by atoms with Crippen molar-refractivity contribution in [1.29, 1.82) is 0 Å². The van der Waals surface area contributed by atoms with Crippen molar-refractivity contribution in [3.8, 4) is 17.0 Å². The predicted molar refractivity (Wildman–Crippen MR) is 147 cm³/mol. The first-order chi connectivity index (χ1) is 18.5. The van der Waals surface area contributed by atoms with Crippen molar-refractivity contribution < 1.29 is 14.3 Å². The SMILES string of the molecule is COc1ccc(Nc2cc(-c3ccc(C(=O)N4CCN(C(=O)c5ccccc5Cl)CC4)cc3)ncn2)cc1. The first kappa shape index (κ1) is 25.2. The highest BCUT2D eigenvalue weighted by molar-refractivity contribution is 6.33. The van der Waals surface area contributed by atoms with E-state index in [0.717, 1.165) is 22.7 Å². The van der Waals surface area contributed by atoms with Crippen molar-refractivity contribution in [2.24, 2.45) is 0 Å². The number of nitrogens with one attached hydrogen (secondary N) is 1. The van der Waals surface area contributed by atoms with Gasteiger partial charge in [0.2, 0.25) is 0 Å². The Balaban J connectivity index is 1.21.